The van der Waals surface area contributed by atoms with Gasteiger partial charge in [-0.2, -0.15) is 0 Å². The first kappa shape index (κ1) is 12.1. The summed E-state index contributed by atoms with van der Waals surface area (Å²) in [6.07, 6.45) is 1.86. The van der Waals surface area contributed by atoms with Gasteiger partial charge < -0.3 is 10.5 Å². The third kappa shape index (κ3) is 2.50. The molecule has 1 atom stereocenters. The van der Waals surface area contributed by atoms with E-state index in [1.165, 1.54) is 5.56 Å². The Balaban J connectivity index is 2.34. The molecular weight excluding hydrogens is 214 g/mol. The molecule has 3 heteroatoms. The van der Waals surface area contributed by atoms with Crippen molar-refractivity contribution in [3.05, 3.63) is 34.9 Å². The Kier molecular flexibility index (Phi) is 2.96. The Morgan fingerprint density at radius 1 is 1.41 bits per heavy atom. The van der Waals surface area contributed by atoms with E-state index in [1.54, 1.807) is 6.07 Å². The fraction of sp³-hybridized carbons (Fsp3) is 0.500. The highest BCUT2D eigenvalue weighted by Gasteiger charge is 2.27. The first-order valence-corrected chi connectivity index (χ1v) is 5.99. The number of hydrogen-bond acceptors (Lipinski definition) is 3. The predicted octanol–water partition coefficient (Wildman–Crippen LogP) is 2.59. The number of carbonyl (C=O) groups excluding carboxylic acids is 1. The average Bonchev–Trinajstić information content (AvgIpc) is 2.58. The molecule has 0 aromatic heterocycles. The van der Waals surface area contributed by atoms with Crippen molar-refractivity contribution < 1.29 is 9.53 Å². The van der Waals surface area contributed by atoms with Crippen molar-refractivity contribution in [2.45, 2.75) is 45.3 Å². The quantitative estimate of drug-likeness (QED) is 0.758. The summed E-state index contributed by atoms with van der Waals surface area (Å²) in [4.78, 5) is 12.1. The highest BCUT2D eigenvalue weighted by atomic mass is 16.6. The summed E-state index contributed by atoms with van der Waals surface area (Å²) in [5.74, 6) is -0.272. The van der Waals surface area contributed by atoms with Crippen LogP contribution in [0.15, 0.2) is 18.2 Å². The van der Waals surface area contributed by atoms with Crippen molar-refractivity contribution in [3.63, 3.8) is 0 Å². The third-order valence-corrected chi connectivity index (χ3v) is 2.91. The standard InChI is InChI=1S/C14H19NO2/c1-14(2,3)17-13(16)10-6-4-5-9-7-8-11(15)12(9)10/h4-6,11H,7-8,15H2,1-3H3/t11-/m1/s1. The van der Waals surface area contributed by atoms with Gasteiger partial charge in [-0.3, -0.25) is 0 Å². The van der Waals surface area contributed by atoms with Crippen molar-refractivity contribution in [1.29, 1.82) is 0 Å². The van der Waals surface area contributed by atoms with Crippen LogP contribution in [-0.2, 0) is 11.2 Å². The van der Waals surface area contributed by atoms with Gasteiger partial charge in [-0.05, 0) is 50.8 Å². The van der Waals surface area contributed by atoms with Crippen molar-refractivity contribution in [2.75, 3.05) is 0 Å². The molecule has 1 aliphatic carbocycles. The lowest BCUT2D eigenvalue weighted by Crippen LogP contribution is -2.25. The van der Waals surface area contributed by atoms with Crippen LogP contribution < -0.4 is 5.73 Å². The number of nitrogens with two attached hydrogens (primary N) is 1. The fourth-order valence-corrected chi connectivity index (χ4v) is 2.24. The van der Waals surface area contributed by atoms with Gasteiger partial charge in [-0.25, -0.2) is 4.79 Å². The molecule has 0 bridgehead atoms. The molecule has 92 valence electrons. The van der Waals surface area contributed by atoms with Crippen LogP contribution in [0.25, 0.3) is 0 Å². The molecule has 0 saturated carbocycles. The number of rotatable bonds is 1. The second-order valence-corrected chi connectivity index (χ2v) is 5.53. The number of esters is 1. The topological polar surface area (TPSA) is 52.3 Å². The summed E-state index contributed by atoms with van der Waals surface area (Å²) >= 11 is 0. The minimum atomic E-state index is -0.470. The van der Waals surface area contributed by atoms with Gasteiger partial charge >= 0.3 is 5.97 Å². The van der Waals surface area contributed by atoms with E-state index in [1.807, 2.05) is 32.9 Å². The zero-order valence-corrected chi connectivity index (χ0v) is 10.6. The Bertz CT molecular complexity index is 446. The molecule has 0 heterocycles. The summed E-state index contributed by atoms with van der Waals surface area (Å²) in [6, 6.07) is 5.71. The first-order chi connectivity index (χ1) is 7.88. The SMILES string of the molecule is CC(C)(C)OC(=O)c1cccc2c1[C@H](N)CC2. The molecule has 0 amide bonds. The lowest BCUT2D eigenvalue weighted by molar-refractivity contribution is 0.00679. The van der Waals surface area contributed by atoms with Crippen molar-refractivity contribution in [3.8, 4) is 0 Å². The van der Waals surface area contributed by atoms with E-state index >= 15 is 0 Å². The Labute approximate surface area is 102 Å². The maximum Gasteiger partial charge on any atom is 0.338 e. The highest BCUT2D eigenvalue weighted by Crippen LogP contribution is 2.32. The lowest BCUT2D eigenvalue weighted by atomic mass is 10.0. The molecule has 2 N–H and O–H groups in total. The molecule has 17 heavy (non-hydrogen) atoms. The van der Waals surface area contributed by atoms with E-state index in [-0.39, 0.29) is 12.0 Å². The van der Waals surface area contributed by atoms with Crippen molar-refractivity contribution >= 4 is 5.97 Å². The predicted molar refractivity (Wildman–Crippen MR) is 66.9 cm³/mol. The van der Waals surface area contributed by atoms with Gasteiger partial charge in [0, 0.05) is 6.04 Å². The number of fused-ring (bicyclic) bond motifs is 1. The molecule has 0 saturated heterocycles. The fourth-order valence-electron chi connectivity index (χ4n) is 2.24. The summed E-state index contributed by atoms with van der Waals surface area (Å²) in [5, 5.41) is 0. The van der Waals surface area contributed by atoms with Crippen LogP contribution in [0.1, 0.15) is 54.7 Å². The zero-order chi connectivity index (χ0) is 12.6. The number of ether oxygens (including phenoxy) is 1. The normalized spacial score (nSPS) is 18.9. The van der Waals surface area contributed by atoms with Gasteiger partial charge in [0.05, 0.1) is 5.56 Å². The molecule has 0 fully saturated rings. The Morgan fingerprint density at radius 3 is 2.76 bits per heavy atom. The molecule has 2 rings (SSSR count). The maximum atomic E-state index is 12.1. The van der Waals surface area contributed by atoms with Crippen LogP contribution >= 0.6 is 0 Å². The van der Waals surface area contributed by atoms with Gasteiger partial charge in [-0.15, -0.1) is 0 Å². The van der Waals surface area contributed by atoms with E-state index < -0.39 is 5.60 Å². The molecule has 0 radical (unpaired) electrons. The van der Waals surface area contributed by atoms with Crippen molar-refractivity contribution in [2.24, 2.45) is 5.73 Å². The molecule has 3 nitrogen and oxygen atoms in total. The van der Waals surface area contributed by atoms with Crippen LogP contribution in [0.4, 0.5) is 0 Å². The highest BCUT2D eigenvalue weighted by molar-refractivity contribution is 5.92. The summed E-state index contributed by atoms with van der Waals surface area (Å²) in [7, 11) is 0. The van der Waals surface area contributed by atoms with Gasteiger partial charge in [0.2, 0.25) is 0 Å². The van der Waals surface area contributed by atoms with E-state index in [2.05, 4.69) is 0 Å². The minimum Gasteiger partial charge on any atom is -0.456 e. The van der Waals surface area contributed by atoms with E-state index in [0.717, 1.165) is 18.4 Å². The maximum absolute atomic E-state index is 12.1. The number of aryl methyl sites for hydroxylation is 1. The summed E-state index contributed by atoms with van der Waals surface area (Å²) in [6.45, 7) is 5.61. The van der Waals surface area contributed by atoms with Crippen molar-refractivity contribution in [1.82, 2.24) is 0 Å². The van der Waals surface area contributed by atoms with Crippen LogP contribution in [0.2, 0.25) is 0 Å². The summed E-state index contributed by atoms with van der Waals surface area (Å²) in [5.41, 5.74) is 8.35. The van der Waals surface area contributed by atoms with Gasteiger partial charge in [0.15, 0.2) is 0 Å². The number of hydrogen-bond donors (Lipinski definition) is 1. The smallest absolute Gasteiger partial charge is 0.338 e. The van der Waals surface area contributed by atoms with Crippen LogP contribution in [0, 0.1) is 0 Å². The molecule has 1 aromatic carbocycles. The number of benzene rings is 1. The number of carbonyl (C=O) groups is 1. The molecule has 1 aromatic rings. The third-order valence-electron chi connectivity index (χ3n) is 2.91. The monoisotopic (exact) mass is 233 g/mol. The molecule has 1 aliphatic rings. The van der Waals surface area contributed by atoms with Gasteiger partial charge in [0.1, 0.15) is 5.60 Å². The summed E-state index contributed by atoms with van der Waals surface area (Å²) < 4.78 is 5.40. The molecule has 0 spiro atoms. The average molecular weight is 233 g/mol. The molecule has 0 aliphatic heterocycles. The van der Waals surface area contributed by atoms with Crippen LogP contribution in [-0.4, -0.2) is 11.6 Å². The lowest BCUT2D eigenvalue weighted by Gasteiger charge is -2.21. The molecule has 0 unspecified atom stereocenters. The van der Waals surface area contributed by atoms with Gasteiger partial charge in [0.25, 0.3) is 0 Å². The second-order valence-electron chi connectivity index (χ2n) is 5.53. The Morgan fingerprint density at radius 2 is 2.12 bits per heavy atom. The van der Waals surface area contributed by atoms with Gasteiger partial charge in [-0.1, -0.05) is 12.1 Å². The Hall–Kier alpha value is -1.35. The largest absolute Gasteiger partial charge is 0.456 e. The van der Waals surface area contributed by atoms with Crippen LogP contribution in [0.5, 0.6) is 0 Å². The van der Waals surface area contributed by atoms with E-state index in [0.29, 0.717) is 5.56 Å². The van der Waals surface area contributed by atoms with Crippen LogP contribution in [0.3, 0.4) is 0 Å². The van der Waals surface area contributed by atoms with E-state index in [4.69, 9.17) is 10.5 Å². The first-order valence-electron chi connectivity index (χ1n) is 5.99. The second kappa shape index (κ2) is 4.15. The zero-order valence-electron chi connectivity index (χ0n) is 10.6. The van der Waals surface area contributed by atoms with E-state index in [9.17, 15) is 4.79 Å². The molecular formula is C14H19NO2. The minimum absolute atomic E-state index is 0.0336.